The lowest BCUT2D eigenvalue weighted by atomic mass is 10.2. The molecule has 0 saturated heterocycles. The summed E-state index contributed by atoms with van der Waals surface area (Å²) < 4.78 is 20.7. The van der Waals surface area contributed by atoms with E-state index in [1.54, 1.807) is 10.7 Å². The number of benzene rings is 1. The molecule has 0 amide bonds. The molecule has 1 heterocycles. The summed E-state index contributed by atoms with van der Waals surface area (Å²) in [5.41, 5.74) is 6.21. The fourth-order valence-corrected chi connectivity index (χ4v) is 2.08. The van der Waals surface area contributed by atoms with Gasteiger partial charge in [-0.25, -0.2) is 9.07 Å². The summed E-state index contributed by atoms with van der Waals surface area (Å²) >= 11 is 0. The number of tetrazole rings is 1. The fraction of sp³-hybridized carbons (Fsp3) is 0.500. The Kier molecular flexibility index (Phi) is 4.10. The average Bonchev–Trinajstić information content (AvgIpc) is 3.18. The molecule has 0 spiro atoms. The van der Waals surface area contributed by atoms with Gasteiger partial charge in [-0.2, -0.15) is 0 Å². The van der Waals surface area contributed by atoms with Crippen LogP contribution in [0.2, 0.25) is 0 Å². The van der Waals surface area contributed by atoms with Crippen LogP contribution in [-0.2, 0) is 11.3 Å². The summed E-state index contributed by atoms with van der Waals surface area (Å²) in [6.45, 7) is 2.18. The van der Waals surface area contributed by atoms with E-state index in [0.717, 1.165) is 18.9 Å². The topological polar surface area (TPSA) is 78.9 Å². The second-order valence-corrected chi connectivity index (χ2v) is 5.33. The summed E-state index contributed by atoms with van der Waals surface area (Å²) in [7, 11) is 0. The van der Waals surface area contributed by atoms with Crippen LogP contribution in [0.15, 0.2) is 18.2 Å². The van der Waals surface area contributed by atoms with Crippen LogP contribution >= 0.6 is 0 Å². The molecule has 0 atom stereocenters. The monoisotopic (exact) mass is 291 g/mol. The van der Waals surface area contributed by atoms with Gasteiger partial charge in [0, 0.05) is 25.3 Å². The smallest absolute Gasteiger partial charge is 0.182 e. The molecule has 3 rings (SSSR count). The van der Waals surface area contributed by atoms with Crippen LogP contribution in [0.5, 0.6) is 0 Å². The largest absolute Gasteiger partial charge is 0.396 e. The molecule has 0 bridgehead atoms. The van der Waals surface area contributed by atoms with E-state index in [9.17, 15) is 4.39 Å². The van der Waals surface area contributed by atoms with Gasteiger partial charge in [-0.05, 0) is 53.8 Å². The van der Waals surface area contributed by atoms with Crippen LogP contribution in [0.4, 0.5) is 10.1 Å². The van der Waals surface area contributed by atoms with E-state index in [1.807, 2.05) is 0 Å². The first-order valence-corrected chi connectivity index (χ1v) is 7.13. The van der Waals surface area contributed by atoms with Crippen molar-refractivity contribution in [2.75, 3.05) is 18.9 Å². The number of ether oxygens (including phenoxy) is 1. The van der Waals surface area contributed by atoms with Crippen LogP contribution in [0.1, 0.15) is 19.3 Å². The normalized spacial score (nSPS) is 14.5. The summed E-state index contributed by atoms with van der Waals surface area (Å²) in [5.74, 6) is 0.845. The van der Waals surface area contributed by atoms with Gasteiger partial charge < -0.3 is 10.5 Å². The van der Waals surface area contributed by atoms with Crippen LogP contribution in [0, 0.1) is 11.7 Å². The predicted molar refractivity (Wildman–Crippen MR) is 75.8 cm³/mol. The Morgan fingerprint density at radius 1 is 1.38 bits per heavy atom. The Hall–Kier alpha value is -2.02. The first kappa shape index (κ1) is 13.9. The number of aryl methyl sites for hydroxylation is 1. The van der Waals surface area contributed by atoms with Crippen molar-refractivity contribution in [2.45, 2.75) is 25.8 Å². The number of halogens is 1. The molecule has 1 aromatic carbocycles. The Morgan fingerprint density at radius 2 is 2.24 bits per heavy atom. The molecule has 2 aromatic rings. The second kappa shape index (κ2) is 6.17. The average molecular weight is 291 g/mol. The van der Waals surface area contributed by atoms with Gasteiger partial charge >= 0.3 is 0 Å². The first-order chi connectivity index (χ1) is 10.2. The SMILES string of the molecule is Nc1ccc(-c2nnnn2CCCOCC2CC2)cc1F. The number of hydrogen-bond donors (Lipinski definition) is 1. The van der Waals surface area contributed by atoms with Crippen molar-refractivity contribution >= 4 is 5.69 Å². The van der Waals surface area contributed by atoms with Crippen molar-refractivity contribution in [3.05, 3.63) is 24.0 Å². The third kappa shape index (κ3) is 3.55. The third-order valence-electron chi connectivity index (χ3n) is 3.50. The minimum atomic E-state index is -0.463. The molecule has 1 fully saturated rings. The van der Waals surface area contributed by atoms with Crippen molar-refractivity contribution in [1.82, 2.24) is 20.2 Å². The van der Waals surface area contributed by atoms with E-state index in [1.165, 1.54) is 25.0 Å². The number of rotatable bonds is 7. The zero-order valence-corrected chi connectivity index (χ0v) is 11.7. The van der Waals surface area contributed by atoms with E-state index in [0.29, 0.717) is 24.5 Å². The highest BCUT2D eigenvalue weighted by molar-refractivity contribution is 5.58. The van der Waals surface area contributed by atoms with Crippen molar-refractivity contribution < 1.29 is 9.13 Å². The molecule has 7 heteroatoms. The first-order valence-electron chi connectivity index (χ1n) is 7.13. The lowest BCUT2D eigenvalue weighted by Crippen LogP contribution is -2.07. The second-order valence-electron chi connectivity index (χ2n) is 5.33. The van der Waals surface area contributed by atoms with Gasteiger partial charge in [-0.3, -0.25) is 0 Å². The Morgan fingerprint density at radius 3 is 3.00 bits per heavy atom. The minimum absolute atomic E-state index is 0.117. The Bertz CT molecular complexity index is 611. The van der Waals surface area contributed by atoms with Crippen molar-refractivity contribution in [3.8, 4) is 11.4 Å². The van der Waals surface area contributed by atoms with Gasteiger partial charge in [0.15, 0.2) is 5.82 Å². The number of nitrogen functional groups attached to an aromatic ring is 1. The molecule has 0 unspecified atom stereocenters. The summed E-state index contributed by atoms with van der Waals surface area (Å²) in [6, 6.07) is 4.58. The highest BCUT2D eigenvalue weighted by Gasteiger charge is 2.20. The molecule has 6 nitrogen and oxygen atoms in total. The Balaban J connectivity index is 1.58. The zero-order valence-electron chi connectivity index (χ0n) is 11.7. The van der Waals surface area contributed by atoms with E-state index in [-0.39, 0.29) is 5.69 Å². The van der Waals surface area contributed by atoms with Gasteiger partial charge in [0.2, 0.25) is 0 Å². The minimum Gasteiger partial charge on any atom is -0.396 e. The van der Waals surface area contributed by atoms with Crippen LogP contribution in [0.3, 0.4) is 0 Å². The highest BCUT2D eigenvalue weighted by atomic mass is 19.1. The van der Waals surface area contributed by atoms with E-state index in [4.69, 9.17) is 10.5 Å². The van der Waals surface area contributed by atoms with Gasteiger partial charge in [0.1, 0.15) is 5.82 Å². The molecule has 1 aliphatic rings. The molecule has 21 heavy (non-hydrogen) atoms. The van der Waals surface area contributed by atoms with Crippen LogP contribution < -0.4 is 5.73 Å². The summed E-state index contributed by atoms with van der Waals surface area (Å²) in [6.07, 6.45) is 3.40. The maximum absolute atomic E-state index is 13.5. The van der Waals surface area contributed by atoms with Gasteiger partial charge in [0.05, 0.1) is 5.69 Å². The van der Waals surface area contributed by atoms with E-state index >= 15 is 0 Å². The molecule has 1 saturated carbocycles. The number of nitrogens with two attached hydrogens (primary N) is 1. The number of anilines is 1. The molecule has 0 aliphatic heterocycles. The van der Waals surface area contributed by atoms with Crippen LogP contribution in [-0.4, -0.2) is 33.4 Å². The molecule has 1 aliphatic carbocycles. The molecular weight excluding hydrogens is 273 g/mol. The molecule has 0 radical (unpaired) electrons. The number of hydrogen-bond acceptors (Lipinski definition) is 5. The van der Waals surface area contributed by atoms with Gasteiger partial charge in [0.25, 0.3) is 0 Å². The predicted octanol–water partition coefficient (Wildman–Crippen LogP) is 1.88. The van der Waals surface area contributed by atoms with Crippen molar-refractivity contribution in [2.24, 2.45) is 5.92 Å². The van der Waals surface area contributed by atoms with Crippen molar-refractivity contribution in [1.29, 1.82) is 0 Å². The summed E-state index contributed by atoms with van der Waals surface area (Å²) in [4.78, 5) is 0. The van der Waals surface area contributed by atoms with Gasteiger partial charge in [-0.1, -0.05) is 0 Å². The third-order valence-corrected chi connectivity index (χ3v) is 3.50. The van der Waals surface area contributed by atoms with Crippen molar-refractivity contribution in [3.63, 3.8) is 0 Å². The fourth-order valence-electron chi connectivity index (χ4n) is 2.08. The maximum Gasteiger partial charge on any atom is 0.182 e. The van der Waals surface area contributed by atoms with Gasteiger partial charge in [-0.15, -0.1) is 5.10 Å². The maximum atomic E-state index is 13.5. The lowest BCUT2D eigenvalue weighted by molar-refractivity contribution is 0.118. The lowest BCUT2D eigenvalue weighted by Gasteiger charge is -2.06. The summed E-state index contributed by atoms with van der Waals surface area (Å²) in [5, 5.41) is 11.5. The zero-order chi connectivity index (χ0) is 14.7. The molecule has 1 aromatic heterocycles. The Labute approximate surface area is 122 Å². The molecule has 112 valence electrons. The standard InChI is InChI=1S/C14H18FN5O/c15-12-8-11(4-5-13(12)16)14-17-18-19-20(14)6-1-7-21-9-10-2-3-10/h4-5,8,10H,1-3,6-7,9,16H2. The number of nitrogens with zero attached hydrogens (tertiary/aromatic N) is 4. The molecular formula is C14H18FN5O. The number of aromatic nitrogens is 4. The highest BCUT2D eigenvalue weighted by Crippen LogP contribution is 2.28. The van der Waals surface area contributed by atoms with E-state index < -0.39 is 5.82 Å². The quantitative estimate of drug-likeness (QED) is 0.622. The molecule has 2 N–H and O–H groups in total. The van der Waals surface area contributed by atoms with E-state index in [2.05, 4.69) is 15.5 Å². The van der Waals surface area contributed by atoms with Crippen LogP contribution in [0.25, 0.3) is 11.4 Å².